The van der Waals surface area contributed by atoms with E-state index in [9.17, 15) is 10.4 Å². The predicted octanol–water partition coefficient (Wildman–Crippen LogP) is 10.8. The summed E-state index contributed by atoms with van der Waals surface area (Å²) in [6, 6.07) is 18.4. The Morgan fingerprint density at radius 1 is 0.583 bits per heavy atom. The predicted molar refractivity (Wildman–Crippen MR) is 202 cm³/mol. The van der Waals surface area contributed by atoms with E-state index in [1.165, 1.54) is 43.5 Å². The summed E-state index contributed by atoms with van der Waals surface area (Å²) in [6.07, 6.45) is 0. The molecule has 2 aromatic heterocycles. The fraction of sp³-hybridized carbons (Fsp3) is 0.421. The van der Waals surface area contributed by atoms with Crippen molar-refractivity contribution in [1.29, 1.82) is 0 Å². The molecule has 4 rings (SSSR count). The van der Waals surface area contributed by atoms with Gasteiger partial charge in [0, 0.05) is 37.0 Å². The molecule has 4 aromatic rings. The van der Waals surface area contributed by atoms with Crippen molar-refractivity contribution in [2.24, 2.45) is 0 Å². The van der Waals surface area contributed by atoms with Gasteiger partial charge >= 0.3 is 37.9 Å². The molecule has 2 heterocycles. The zero-order valence-corrected chi connectivity index (χ0v) is 35.1. The van der Waals surface area contributed by atoms with Crippen LogP contribution in [0, 0.1) is 41.5 Å². The third-order valence-corrected chi connectivity index (χ3v) is 7.62. The molecule has 0 aliphatic rings. The van der Waals surface area contributed by atoms with Crippen molar-refractivity contribution in [3.8, 4) is 22.5 Å². The van der Waals surface area contributed by atoms with Gasteiger partial charge in [-0.2, -0.15) is 0 Å². The monoisotopic (exact) mass is 771 g/mol. The molecule has 0 spiro atoms. The van der Waals surface area contributed by atoms with Gasteiger partial charge in [-0.05, 0) is 124 Å². The summed E-state index contributed by atoms with van der Waals surface area (Å²) in [5.74, 6) is 1.13. The summed E-state index contributed by atoms with van der Waals surface area (Å²) in [7, 11) is 13.9. The minimum absolute atomic E-state index is 0.386. The SMILES string of the molecule is Cc1cc(C)c(-c2cc(N(C)C)cc(N(O)C(C)(C)C)n2)c(C)c1.Cc1cc(C)c(-c2cccc(N(O)C(C)(C)C)n2)c(C)c1.[Cl][Zr+2][Cl]. The quantitative estimate of drug-likeness (QED) is 0.196. The molecule has 0 saturated carbocycles. The molecule has 0 fully saturated rings. The van der Waals surface area contributed by atoms with E-state index in [2.05, 4.69) is 76.9 Å². The molecule has 0 radical (unpaired) electrons. The molecule has 0 saturated heterocycles. The Labute approximate surface area is 307 Å². The molecular formula is C38H53Cl2N5O2Zr+2. The first kappa shape index (κ1) is 41.7. The second-order valence-electron chi connectivity index (χ2n) is 14.4. The third-order valence-electron chi connectivity index (χ3n) is 7.62. The average molecular weight is 774 g/mol. The van der Waals surface area contributed by atoms with Gasteiger partial charge in [0.15, 0.2) is 11.6 Å². The number of rotatable bonds is 5. The topological polar surface area (TPSA) is 76.0 Å². The first-order valence-corrected chi connectivity index (χ1v) is 22.2. The second kappa shape index (κ2) is 17.4. The summed E-state index contributed by atoms with van der Waals surface area (Å²) in [5.41, 5.74) is 11.6. The third kappa shape index (κ3) is 11.3. The Morgan fingerprint density at radius 3 is 1.35 bits per heavy atom. The Bertz CT molecular complexity index is 1640. The molecule has 48 heavy (non-hydrogen) atoms. The number of hydroxylamine groups is 2. The van der Waals surface area contributed by atoms with Crippen LogP contribution in [0.25, 0.3) is 22.5 Å². The number of hydrogen-bond donors (Lipinski definition) is 2. The summed E-state index contributed by atoms with van der Waals surface area (Å²) in [5, 5.41) is 23.3. The molecule has 0 bridgehead atoms. The minimum atomic E-state index is -0.826. The molecular weight excluding hydrogens is 721 g/mol. The molecule has 0 aliphatic heterocycles. The van der Waals surface area contributed by atoms with Crippen LogP contribution in [0.3, 0.4) is 0 Å². The maximum atomic E-state index is 10.6. The molecule has 258 valence electrons. The van der Waals surface area contributed by atoms with Gasteiger partial charge in [0.1, 0.15) is 0 Å². The first-order valence-electron chi connectivity index (χ1n) is 15.9. The van der Waals surface area contributed by atoms with Gasteiger partial charge in [-0.15, -0.1) is 0 Å². The van der Waals surface area contributed by atoms with Crippen LogP contribution in [0.5, 0.6) is 0 Å². The van der Waals surface area contributed by atoms with Crippen LogP contribution >= 0.6 is 17.0 Å². The fourth-order valence-electron chi connectivity index (χ4n) is 5.53. The average Bonchev–Trinajstić information content (AvgIpc) is 2.95. The molecule has 7 nitrogen and oxygen atoms in total. The van der Waals surface area contributed by atoms with Crippen molar-refractivity contribution >= 4 is 34.3 Å². The Kier molecular flexibility index (Phi) is 15.2. The van der Waals surface area contributed by atoms with Crippen molar-refractivity contribution < 1.29 is 31.3 Å². The van der Waals surface area contributed by atoms with E-state index in [1.54, 1.807) is 0 Å². The zero-order valence-electron chi connectivity index (χ0n) is 31.1. The molecule has 2 aromatic carbocycles. The summed E-state index contributed by atoms with van der Waals surface area (Å²) < 4.78 is 0. The summed E-state index contributed by atoms with van der Waals surface area (Å²) in [4.78, 5) is 11.4. The number of pyridine rings is 2. The molecule has 0 atom stereocenters. The van der Waals surface area contributed by atoms with Crippen molar-refractivity contribution in [2.75, 3.05) is 29.1 Å². The Hall–Kier alpha value is -2.48. The Morgan fingerprint density at radius 2 is 0.958 bits per heavy atom. The van der Waals surface area contributed by atoms with Gasteiger partial charge < -0.3 is 4.90 Å². The first-order chi connectivity index (χ1) is 22.1. The van der Waals surface area contributed by atoms with Gasteiger partial charge in [0.05, 0.1) is 22.5 Å². The molecule has 0 aliphatic carbocycles. The van der Waals surface area contributed by atoms with Crippen LogP contribution in [-0.2, 0) is 20.8 Å². The van der Waals surface area contributed by atoms with Crippen LogP contribution in [0.1, 0.15) is 74.9 Å². The van der Waals surface area contributed by atoms with Gasteiger partial charge in [-0.3, -0.25) is 10.4 Å². The molecule has 10 heteroatoms. The van der Waals surface area contributed by atoms with Crippen molar-refractivity contribution in [3.05, 3.63) is 88.0 Å². The normalized spacial score (nSPS) is 11.0. The van der Waals surface area contributed by atoms with Crippen LogP contribution < -0.4 is 15.0 Å². The van der Waals surface area contributed by atoms with E-state index in [4.69, 9.17) is 22.0 Å². The van der Waals surface area contributed by atoms with Crippen LogP contribution in [0.2, 0.25) is 0 Å². The molecule has 0 amide bonds. The van der Waals surface area contributed by atoms with E-state index in [0.717, 1.165) is 28.2 Å². The summed E-state index contributed by atoms with van der Waals surface area (Å²) >= 11 is -0.826. The number of anilines is 3. The van der Waals surface area contributed by atoms with E-state index >= 15 is 0 Å². The summed E-state index contributed by atoms with van der Waals surface area (Å²) in [6.45, 7) is 24.3. The number of hydrogen-bond acceptors (Lipinski definition) is 7. The number of aromatic nitrogens is 2. The fourth-order valence-corrected chi connectivity index (χ4v) is 5.53. The molecule has 2 N–H and O–H groups in total. The number of halogens is 2. The van der Waals surface area contributed by atoms with E-state index in [1.807, 2.05) is 84.8 Å². The number of aryl methyl sites for hydroxylation is 6. The Balaban J connectivity index is 0.000000310. The van der Waals surface area contributed by atoms with E-state index in [-0.39, 0.29) is 5.54 Å². The van der Waals surface area contributed by atoms with Crippen molar-refractivity contribution in [2.45, 2.75) is 94.2 Å². The number of benzene rings is 2. The van der Waals surface area contributed by atoms with E-state index in [0.29, 0.717) is 11.6 Å². The van der Waals surface area contributed by atoms with Gasteiger partial charge in [0.2, 0.25) is 0 Å². The maximum absolute atomic E-state index is 10.6. The van der Waals surface area contributed by atoms with Crippen LogP contribution in [-0.4, -0.2) is 45.6 Å². The van der Waals surface area contributed by atoms with Crippen LogP contribution in [0.4, 0.5) is 17.3 Å². The van der Waals surface area contributed by atoms with Crippen molar-refractivity contribution in [1.82, 2.24) is 9.97 Å². The van der Waals surface area contributed by atoms with E-state index < -0.39 is 26.4 Å². The molecule has 0 unspecified atom stereocenters. The zero-order chi connectivity index (χ0) is 36.7. The number of nitrogens with zero attached hydrogens (tertiary/aromatic N) is 5. The van der Waals surface area contributed by atoms with Crippen LogP contribution in [0.15, 0.2) is 54.6 Å². The van der Waals surface area contributed by atoms with Crippen molar-refractivity contribution in [3.63, 3.8) is 0 Å². The van der Waals surface area contributed by atoms with Gasteiger partial charge in [0.25, 0.3) is 0 Å². The second-order valence-corrected chi connectivity index (χ2v) is 18.2. The standard InChI is InChI=1S/C20H29N3O.C18H24N2O.2ClH.Zr/c1-13-9-14(2)19(15(3)10-13)17-11-16(22(7)8)12-18(21-17)23(24)20(4,5)6;1-12-10-13(2)17(14(3)11-12)15-8-7-9-16(19-15)20(21)18(4,5)6;;;/h9-12,24H,1-8H3;7-11,21H,1-6H3;2*1H;/q;;;;+4/p-2. The van der Waals surface area contributed by atoms with Gasteiger partial charge in [-0.25, -0.2) is 20.1 Å². The van der Waals surface area contributed by atoms with Gasteiger partial charge in [-0.1, -0.05) is 41.5 Å².